The third-order valence-corrected chi connectivity index (χ3v) is 3.52. The van der Waals surface area contributed by atoms with Crippen molar-refractivity contribution in [3.8, 4) is 0 Å². The lowest BCUT2D eigenvalue weighted by Gasteiger charge is -2.33. The van der Waals surface area contributed by atoms with Crippen LogP contribution in [0, 0.1) is 5.82 Å². The number of nitrogens with zero attached hydrogens (tertiary/aromatic N) is 1. The highest BCUT2D eigenvalue weighted by Crippen LogP contribution is 2.21. The predicted octanol–water partition coefficient (Wildman–Crippen LogP) is 2.93. The van der Waals surface area contributed by atoms with E-state index in [4.69, 9.17) is 5.11 Å². The molecule has 0 spiro atoms. The zero-order chi connectivity index (χ0) is 14.7. The van der Waals surface area contributed by atoms with Crippen molar-refractivity contribution >= 4 is 17.7 Å². The molecule has 2 amide bonds. The van der Waals surface area contributed by atoms with Crippen molar-refractivity contribution < 1.29 is 19.1 Å². The summed E-state index contributed by atoms with van der Waals surface area (Å²) in [6.45, 7) is 2.61. The van der Waals surface area contributed by atoms with E-state index in [2.05, 4.69) is 5.32 Å². The Morgan fingerprint density at radius 2 is 2.15 bits per heavy atom. The lowest BCUT2D eigenvalue weighted by Crippen LogP contribution is -2.44. The van der Waals surface area contributed by atoms with E-state index in [0.29, 0.717) is 6.54 Å². The fourth-order valence-corrected chi connectivity index (χ4v) is 2.39. The van der Waals surface area contributed by atoms with Crippen LogP contribution in [0.25, 0.3) is 0 Å². The topological polar surface area (TPSA) is 69.6 Å². The van der Waals surface area contributed by atoms with Crippen molar-refractivity contribution in [3.63, 3.8) is 0 Å². The maximum Gasteiger partial charge on any atom is 0.337 e. The van der Waals surface area contributed by atoms with E-state index in [9.17, 15) is 14.0 Å². The molecule has 2 N–H and O–H groups in total. The SMILES string of the molecule is CC1CCCCN1C(=O)Nc1ccc(F)cc1C(=O)O. The van der Waals surface area contributed by atoms with Crippen LogP contribution in [0.1, 0.15) is 36.5 Å². The third-order valence-electron chi connectivity index (χ3n) is 3.52. The summed E-state index contributed by atoms with van der Waals surface area (Å²) in [6, 6.07) is 3.08. The maximum absolute atomic E-state index is 13.1. The Morgan fingerprint density at radius 1 is 1.40 bits per heavy atom. The van der Waals surface area contributed by atoms with Crippen LogP contribution >= 0.6 is 0 Å². The average molecular weight is 280 g/mol. The number of rotatable bonds is 2. The van der Waals surface area contributed by atoms with Crippen LogP contribution in [-0.4, -0.2) is 34.6 Å². The van der Waals surface area contributed by atoms with Crippen molar-refractivity contribution in [2.75, 3.05) is 11.9 Å². The first-order valence-electron chi connectivity index (χ1n) is 6.59. The number of carboxylic acid groups (broad SMARTS) is 1. The zero-order valence-electron chi connectivity index (χ0n) is 11.2. The molecule has 0 radical (unpaired) electrons. The highest BCUT2D eigenvalue weighted by atomic mass is 19.1. The molecule has 0 aliphatic carbocycles. The Bertz CT molecular complexity index is 533. The summed E-state index contributed by atoms with van der Waals surface area (Å²) < 4.78 is 13.1. The van der Waals surface area contributed by atoms with Crippen LogP contribution in [-0.2, 0) is 0 Å². The van der Waals surface area contributed by atoms with Crippen LogP contribution in [0.3, 0.4) is 0 Å². The Kier molecular flexibility index (Phi) is 4.22. The smallest absolute Gasteiger partial charge is 0.337 e. The van der Waals surface area contributed by atoms with E-state index in [0.717, 1.165) is 31.4 Å². The molecule has 20 heavy (non-hydrogen) atoms. The number of amides is 2. The molecular weight excluding hydrogens is 263 g/mol. The van der Waals surface area contributed by atoms with Gasteiger partial charge in [-0.05, 0) is 44.4 Å². The van der Waals surface area contributed by atoms with Gasteiger partial charge in [-0.1, -0.05) is 0 Å². The fourth-order valence-electron chi connectivity index (χ4n) is 2.39. The normalized spacial score (nSPS) is 18.7. The summed E-state index contributed by atoms with van der Waals surface area (Å²) in [6.07, 6.45) is 2.96. The second-order valence-electron chi connectivity index (χ2n) is 4.96. The summed E-state index contributed by atoms with van der Waals surface area (Å²) >= 11 is 0. The van der Waals surface area contributed by atoms with Gasteiger partial charge in [0.2, 0.25) is 0 Å². The van der Waals surface area contributed by atoms with Crippen LogP contribution in [0.2, 0.25) is 0 Å². The molecule has 1 aromatic rings. The molecule has 1 atom stereocenters. The lowest BCUT2D eigenvalue weighted by molar-refractivity contribution is 0.0697. The highest BCUT2D eigenvalue weighted by molar-refractivity contribution is 6.00. The van der Waals surface area contributed by atoms with Crippen molar-refractivity contribution in [2.24, 2.45) is 0 Å². The van der Waals surface area contributed by atoms with E-state index in [1.165, 1.54) is 6.07 Å². The largest absolute Gasteiger partial charge is 0.478 e. The summed E-state index contributed by atoms with van der Waals surface area (Å²) in [5.74, 6) is -1.92. The number of hydrogen-bond donors (Lipinski definition) is 2. The van der Waals surface area contributed by atoms with Gasteiger partial charge in [0, 0.05) is 12.6 Å². The molecule has 5 nitrogen and oxygen atoms in total. The van der Waals surface area contributed by atoms with E-state index in [1.54, 1.807) is 4.90 Å². The molecule has 0 saturated carbocycles. The molecule has 108 valence electrons. The molecule has 0 aromatic heterocycles. The number of benzene rings is 1. The van der Waals surface area contributed by atoms with Gasteiger partial charge < -0.3 is 15.3 Å². The van der Waals surface area contributed by atoms with E-state index >= 15 is 0 Å². The quantitative estimate of drug-likeness (QED) is 0.875. The number of nitrogens with one attached hydrogen (secondary N) is 1. The molecule has 0 bridgehead atoms. The summed E-state index contributed by atoms with van der Waals surface area (Å²) in [5.41, 5.74) is -0.135. The van der Waals surface area contributed by atoms with Gasteiger partial charge in [0.1, 0.15) is 5.82 Å². The number of carboxylic acids is 1. The lowest BCUT2D eigenvalue weighted by atomic mass is 10.0. The molecule has 6 heteroatoms. The van der Waals surface area contributed by atoms with Gasteiger partial charge in [-0.2, -0.15) is 0 Å². The van der Waals surface area contributed by atoms with Crippen molar-refractivity contribution in [3.05, 3.63) is 29.6 Å². The van der Waals surface area contributed by atoms with Gasteiger partial charge in [-0.3, -0.25) is 0 Å². The Hall–Kier alpha value is -2.11. The maximum atomic E-state index is 13.1. The van der Waals surface area contributed by atoms with Crippen molar-refractivity contribution in [1.29, 1.82) is 0 Å². The highest BCUT2D eigenvalue weighted by Gasteiger charge is 2.24. The van der Waals surface area contributed by atoms with E-state index < -0.39 is 11.8 Å². The van der Waals surface area contributed by atoms with Crippen LogP contribution in [0.15, 0.2) is 18.2 Å². The number of carbonyl (C=O) groups is 2. The summed E-state index contributed by atoms with van der Waals surface area (Å²) in [5, 5.41) is 11.6. The minimum atomic E-state index is -1.27. The van der Waals surface area contributed by atoms with Crippen molar-refractivity contribution in [1.82, 2.24) is 4.90 Å². The summed E-state index contributed by atoms with van der Waals surface area (Å²) in [4.78, 5) is 24.9. The van der Waals surface area contributed by atoms with Gasteiger partial charge in [0.15, 0.2) is 0 Å². The molecular formula is C14H17FN2O3. The number of anilines is 1. The second-order valence-corrected chi connectivity index (χ2v) is 4.96. The first-order valence-corrected chi connectivity index (χ1v) is 6.59. The van der Waals surface area contributed by atoms with Gasteiger partial charge in [0.05, 0.1) is 11.3 Å². The number of hydrogen-bond acceptors (Lipinski definition) is 2. The standard InChI is InChI=1S/C14H17FN2O3/c1-9-4-2-3-7-17(9)14(20)16-12-6-5-10(15)8-11(12)13(18)19/h5-6,8-9H,2-4,7H2,1H3,(H,16,20)(H,18,19). The molecule has 1 heterocycles. The molecule has 2 rings (SSSR count). The number of likely N-dealkylation sites (tertiary alicyclic amines) is 1. The molecule has 1 unspecified atom stereocenters. The molecule has 1 saturated heterocycles. The minimum absolute atomic E-state index is 0.113. The van der Waals surface area contributed by atoms with Gasteiger partial charge >= 0.3 is 12.0 Å². The van der Waals surface area contributed by atoms with Gasteiger partial charge in [-0.15, -0.1) is 0 Å². The number of urea groups is 1. The zero-order valence-corrected chi connectivity index (χ0v) is 11.2. The van der Waals surface area contributed by atoms with E-state index in [-0.39, 0.29) is 23.3 Å². The fraction of sp³-hybridized carbons (Fsp3) is 0.429. The van der Waals surface area contributed by atoms with Gasteiger partial charge in [0.25, 0.3) is 0 Å². The molecule has 1 aromatic carbocycles. The molecule has 1 aliphatic heterocycles. The summed E-state index contributed by atoms with van der Waals surface area (Å²) in [7, 11) is 0. The number of piperidine rings is 1. The average Bonchev–Trinajstić information content (AvgIpc) is 2.41. The number of carbonyl (C=O) groups excluding carboxylic acids is 1. The monoisotopic (exact) mass is 280 g/mol. The van der Waals surface area contributed by atoms with Crippen molar-refractivity contribution in [2.45, 2.75) is 32.2 Å². The van der Waals surface area contributed by atoms with Crippen LogP contribution in [0.4, 0.5) is 14.9 Å². The number of aromatic carboxylic acids is 1. The third kappa shape index (κ3) is 3.07. The van der Waals surface area contributed by atoms with Gasteiger partial charge in [-0.25, -0.2) is 14.0 Å². The Labute approximate surface area is 116 Å². The first kappa shape index (κ1) is 14.3. The van der Waals surface area contributed by atoms with Crippen LogP contribution in [0.5, 0.6) is 0 Å². The second kappa shape index (κ2) is 5.90. The predicted molar refractivity (Wildman–Crippen MR) is 72.4 cm³/mol. The molecule has 1 fully saturated rings. The van der Waals surface area contributed by atoms with E-state index in [1.807, 2.05) is 6.92 Å². The number of halogens is 1. The minimum Gasteiger partial charge on any atom is -0.478 e. The molecule has 1 aliphatic rings. The first-order chi connectivity index (χ1) is 9.49. The Balaban J connectivity index is 2.17. The van der Waals surface area contributed by atoms with Crippen LogP contribution < -0.4 is 5.32 Å². The Morgan fingerprint density at radius 3 is 2.80 bits per heavy atom.